The van der Waals surface area contributed by atoms with Crippen LogP contribution in [0.3, 0.4) is 0 Å². The molecular formula is C24H32N4O. The maximum atomic E-state index is 12.6. The number of hydrogen-bond acceptors (Lipinski definition) is 2. The molecule has 0 spiro atoms. The monoisotopic (exact) mass is 392 g/mol. The van der Waals surface area contributed by atoms with Gasteiger partial charge in [-0.1, -0.05) is 54.6 Å². The summed E-state index contributed by atoms with van der Waals surface area (Å²) in [5, 5.41) is 6.73. The van der Waals surface area contributed by atoms with Crippen LogP contribution in [0.15, 0.2) is 59.6 Å². The minimum absolute atomic E-state index is 0.170. The highest BCUT2D eigenvalue weighted by molar-refractivity contribution is 5.80. The summed E-state index contributed by atoms with van der Waals surface area (Å²) in [5.41, 5.74) is 3.87. The molecule has 1 atom stereocenters. The van der Waals surface area contributed by atoms with Gasteiger partial charge in [0.1, 0.15) is 0 Å². The van der Waals surface area contributed by atoms with E-state index in [4.69, 9.17) is 0 Å². The zero-order valence-electron chi connectivity index (χ0n) is 17.5. The molecule has 0 saturated carbocycles. The Balaban J connectivity index is 1.46. The lowest BCUT2D eigenvalue weighted by Crippen LogP contribution is -2.39. The molecule has 1 aliphatic rings. The fraction of sp³-hybridized carbons (Fsp3) is 0.417. The highest BCUT2D eigenvalue weighted by Gasteiger charge is 2.19. The molecule has 0 aliphatic carbocycles. The van der Waals surface area contributed by atoms with Crippen LogP contribution >= 0.6 is 0 Å². The summed E-state index contributed by atoms with van der Waals surface area (Å²) in [5.74, 6) is 1.02. The van der Waals surface area contributed by atoms with Crippen LogP contribution in [0.5, 0.6) is 0 Å². The molecule has 2 aromatic rings. The fourth-order valence-electron chi connectivity index (χ4n) is 3.64. The van der Waals surface area contributed by atoms with Gasteiger partial charge in [-0.25, -0.2) is 0 Å². The van der Waals surface area contributed by atoms with Gasteiger partial charge in [-0.05, 0) is 43.4 Å². The van der Waals surface area contributed by atoms with Gasteiger partial charge in [-0.3, -0.25) is 9.79 Å². The number of nitrogens with zero attached hydrogens (tertiary/aromatic N) is 2. The van der Waals surface area contributed by atoms with Crippen LogP contribution in [0, 0.1) is 0 Å². The van der Waals surface area contributed by atoms with Crippen molar-refractivity contribution in [2.45, 2.75) is 45.7 Å². The Morgan fingerprint density at radius 3 is 2.59 bits per heavy atom. The molecule has 2 N–H and O–H groups in total. The van der Waals surface area contributed by atoms with E-state index in [9.17, 15) is 4.79 Å². The van der Waals surface area contributed by atoms with E-state index < -0.39 is 0 Å². The average Bonchev–Trinajstić information content (AvgIpc) is 2.76. The number of carbonyl (C=O) groups is 1. The van der Waals surface area contributed by atoms with Crippen LogP contribution in [0.4, 0.5) is 0 Å². The van der Waals surface area contributed by atoms with Crippen molar-refractivity contribution >= 4 is 11.9 Å². The topological polar surface area (TPSA) is 56.7 Å². The lowest BCUT2D eigenvalue weighted by molar-refractivity contribution is -0.132. The number of amides is 1. The normalized spacial score (nSPS) is 14.8. The first-order valence-electron chi connectivity index (χ1n) is 10.6. The third kappa shape index (κ3) is 6.08. The highest BCUT2D eigenvalue weighted by Crippen LogP contribution is 2.19. The van der Waals surface area contributed by atoms with Crippen molar-refractivity contribution in [2.24, 2.45) is 4.99 Å². The molecule has 0 bridgehead atoms. The molecule has 154 valence electrons. The van der Waals surface area contributed by atoms with Crippen molar-refractivity contribution in [3.8, 4) is 0 Å². The van der Waals surface area contributed by atoms with Gasteiger partial charge in [-0.2, -0.15) is 0 Å². The van der Waals surface area contributed by atoms with Crippen molar-refractivity contribution in [3.63, 3.8) is 0 Å². The second-order valence-corrected chi connectivity index (χ2v) is 7.47. The summed E-state index contributed by atoms with van der Waals surface area (Å²) in [6.07, 6.45) is 2.25. The largest absolute Gasteiger partial charge is 0.357 e. The second kappa shape index (κ2) is 10.6. The number of hydrogen-bond donors (Lipinski definition) is 2. The van der Waals surface area contributed by atoms with E-state index in [1.807, 2.05) is 29.2 Å². The molecule has 0 radical (unpaired) electrons. The summed E-state index contributed by atoms with van der Waals surface area (Å²) >= 11 is 0. The van der Waals surface area contributed by atoms with E-state index in [1.165, 1.54) is 16.7 Å². The van der Waals surface area contributed by atoms with Gasteiger partial charge >= 0.3 is 0 Å². The van der Waals surface area contributed by atoms with Crippen molar-refractivity contribution < 1.29 is 4.79 Å². The van der Waals surface area contributed by atoms with E-state index in [0.29, 0.717) is 13.0 Å². The average molecular weight is 393 g/mol. The zero-order valence-corrected chi connectivity index (χ0v) is 17.5. The molecule has 5 nitrogen and oxygen atoms in total. The zero-order chi connectivity index (χ0) is 20.5. The van der Waals surface area contributed by atoms with Gasteiger partial charge in [0.25, 0.3) is 0 Å². The molecule has 1 amide bonds. The van der Waals surface area contributed by atoms with Crippen molar-refractivity contribution in [2.75, 3.05) is 19.6 Å². The Kier molecular flexibility index (Phi) is 7.68. The first kappa shape index (κ1) is 20.9. The lowest BCUT2D eigenvalue weighted by Gasteiger charge is -2.29. The number of rotatable bonds is 7. The van der Waals surface area contributed by atoms with Gasteiger partial charge in [0.05, 0.1) is 6.04 Å². The molecule has 1 unspecified atom stereocenters. The van der Waals surface area contributed by atoms with Crippen LogP contribution in [0.2, 0.25) is 0 Å². The molecular weight excluding hydrogens is 360 g/mol. The van der Waals surface area contributed by atoms with Crippen LogP contribution in [-0.4, -0.2) is 36.4 Å². The molecule has 1 aliphatic heterocycles. The molecule has 2 aromatic carbocycles. The van der Waals surface area contributed by atoms with Crippen molar-refractivity contribution in [1.82, 2.24) is 15.5 Å². The van der Waals surface area contributed by atoms with E-state index in [1.54, 1.807) is 0 Å². The third-order valence-corrected chi connectivity index (χ3v) is 5.30. The van der Waals surface area contributed by atoms with E-state index in [2.05, 4.69) is 59.8 Å². The number of benzene rings is 2. The summed E-state index contributed by atoms with van der Waals surface area (Å²) < 4.78 is 0. The molecule has 0 fully saturated rings. The Morgan fingerprint density at radius 2 is 1.83 bits per heavy atom. The van der Waals surface area contributed by atoms with Gasteiger partial charge in [0.15, 0.2) is 5.96 Å². The number of carbonyl (C=O) groups excluding carboxylic acids is 1. The van der Waals surface area contributed by atoms with E-state index in [-0.39, 0.29) is 11.9 Å². The lowest BCUT2D eigenvalue weighted by atomic mass is 9.99. The number of guanidine groups is 1. The Hall–Kier alpha value is -2.82. The Bertz CT molecular complexity index is 819. The predicted octanol–water partition coefficient (Wildman–Crippen LogP) is 3.67. The smallest absolute Gasteiger partial charge is 0.222 e. The van der Waals surface area contributed by atoms with Crippen molar-refractivity contribution in [1.29, 1.82) is 0 Å². The maximum Gasteiger partial charge on any atom is 0.222 e. The second-order valence-electron chi connectivity index (χ2n) is 7.47. The van der Waals surface area contributed by atoms with Crippen LogP contribution in [-0.2, 0) is 17.8 Å². The Labute approximate surface area is 174 Å². The van der Waals surface area contributed by atoms with Crippen molar-refractivity contribution in [3.05, 3.63) is 71.3 Å². The summed E-state index contributed by atoms with van der Waals surface area (Å²) in [4.78, 5) is 19.2. The van der Waals surface area contributed by atoms with Gasteiger partial charge in [-0.15, -0.1) is 0 Å². The van der Waals surface area contributed by atoms with Crippen LogP contribution in [0.1, 0.15) is 49.4 Å². The van der Waals surface area contributed by atoms with Crippen LogP contribution in [0.25, 0.3) is 0 Å². The summed E-state index contributed by atoms with van der Waals surface area (Å²) in [7, 11) is 0. The molecule has 29 heavy (non-hydrogen) atoms. The first-order chi connectivity index (χ1) is 14.2. The molecule has 1 heterocycles. The number of nitrogens with one attached hydrogen (secondary N) is 2. The quantitative estimate of drug-likeness (QED) is 0.429. The molecule has 0 saturated heterocycles. The third-order valence-electron chi connectivity index (χ3n) is 5.30. The Morgan fingerprint density at radius 1 is 1.10 bits per heavy atom. The summed E-state index contributed by atoms with van der Waals surface area (Å²) in [6, 6.07) is 18.9. The predicted molar refractivity (Wildman–Crippen MR) is 119 cm³/mol. The standard InChI is InChI=1S/C24H32N4O/c1-3-25-24(27-19(2)20-10-5-4-6-11-20)26-16-9-14-23(29)28-17-15-21-12-7-8-13-22(21)18-28/h4-8,10-13,19H,3,9,14-18H2,1-2H3,(H2,25,26,27). The van der Waals surface area contributed by atoms with Gasteiger partial charge < -0.3 is 15.5 Å². The number of aliphatic imine (C=N–C) groups is 1. The minimum atomic E-state index is 0.170. The maximum absolute atomic E-state index is 12.6. The van der Waals surface area contributed by atoms with Gasteiger partial charge in [0.2, 0.25) is 5.91 Å². The number of fused-ring (bicyclic) bond motifs is 1. The van der Waals surface area contributed by atoms with E-state index >= 15 is 0 Å². The summed E-state index contributed by atoms with van der Waals surface area (Å²) in [6.45, 7) is 7.17. The molecule has 0 aromatic heterocycles. The highest BCUT2D eigenvalue weighted by atomic mass is 16.2. The van der Waals surface area contributed by atoms with Gasteiger partial charge in [0, 0.05) is 32.6 Å². The first-order valence-corrected chi connectivity index (χ1v) is 10.6. The van der Waals surface area contributed by atoms with E-state index in [0.717, 1.165) is 38.4 Å². The minimum Gasteiger partial charge on any atom is -0.357 e. The molecule has 3 rings (SSSR count). The SMILES string of the molecule is CCNC(=NCCCC(=O)N1CCc2ccccc2C1)NC(C)c1ccccc1. The molecule has 5 heteroatoms. The van der Waals surface area contributed by atoms with Crippen LogP contribution < -0.4 is 10.6 Å². The fourth-order valence-corrected chi connectivity index (χ4v) is 3.64.